The Morgan fingerprint density at radius 3 is 2.44 bits per heavy atom. The van der Waals surface area contributed by atoms with Gasteiger partial charge in [0.15, 0.2) is 5.60 Å². The van der Waals surface area contributed by atoms with E-state index in [0.29, 0.717) is 17.8 Å². The van der Waals surface area contributed by atoms with Crippen LogP contribution in [0.25, 0.3) is 0 Å². The molecule has 4 heteroatoms. The number of alkyl halides is 1. The molecule has 0 N–H and O–H groups in total. The van der Waals surface area contributed by atoms with Crippen molar-refractivity contribution in [2.45, 2.75) is 48.8 Å². The number of ether oxygens (including phenoxy) is 1. The lowest BCUT2D eigenvalue weighted by Gasteiger charge is -2.66. The Morgan fingerprint density at radius 2 is 2.00 bits per heavy atom. The first kappa shape index (κ1) is 9.15. The first-order valence-corrected chi connectivity index (χ1v) is 6.50. The number of methoxy groups -OCH3 is 1. The molecule has 0 radical (unpaired) electrons. The normalized spacial score (nSPS) is 68.1. The standard InChI is InChI=1S/C12H17ClO3/c1-14-10-12(16-15-10)8-2-7-3-9(12)6-11(13,4-7)5-8/h7-10H,2-6H2,1H3/i10D. The molecule has 0 aromatic carbocycles. The Kier molecular flexibility index (Phi) is 1.68. The Morgan fingerprint density at radius 1 is 1.31 bits per heavy atom. The van der Waals surface area contributed by atoms with Gasteiger partial charge in [0.1, 0.15) is 0 Å². The van der Waals surface area contributed by atoms with Crippen LogP contribution in [-0.4, -0.2) is 23.9 Å². The lowest BCUT2D eigenvalue weighted by molar-refractivity contribution is -0.587. The van der Waals surface area contributed by atoms with Gasteiger partial charge in [0.25, 0.3) is 0 Å². The molecule has 1 aliphatic heterocycles. The zero-order valence-electron chi connectivity index (χ0n) is 10.4. The van der Waals surface area contributed by atoms with Gasteiger partial charge in [0, 0.05) is 12.0 Å². The average molecular weight is 246 g/mol. The maximum atomic E-state index is 8.28. The van der Waals surface area contributed by atoms with E-state index in [2.05, 4.69) is 0 Å². The van der Waals surface area contributed by atoms with Crippen LogP contribution in [0.3, 0.4) is 0 Å². The highest BCUT2D eigenvalue weighted by Gasteiger charge is 2.71. The van der Waals surface area contributed by atoms with Gasteiger partial charge in [-0.15, -0.1) is 11.6 Å². The fourth-order valence-corrected chi connectivity index (χ4v) is 5.30. The molecule has 5 aliphatic rings. The highest BCUT2D eigenvalue weighted by molar-refractivity contribution is 6.24. The minimum atomic E-state index is -1.32. The van der Waals surface area contributed by atoms with E-state index in [1.165, 1.54) is 7.11 Å². The van der Waals surface area contributed by atoms with Crippen LogP contribution in [0.1, 0.15) is 33.5 Å². The summed E-state index contributed by atoms with van der Waals surface area (Å²) in [4.78, 5) is 10.4. The SMILES string of the molecule is [2H]C1(OC)OOC12C1CC3CC2CC(Cl)(C3)C1. The number of hydrogen-bond acceptors (Lipinski definition) is 3. The summed E-state index contributed by atoms with van der Waals surface area (Å²) in [7, 11) is 1.53. The van der Waals surface area contributed by atoms with E-state index in [4.69, 9.17) is 27.5 Å². The van der Waals surface area contributed by atoms with Crippen LogP contribution in [0.15, 0.2) is 0 Å². The predicted octanol–water partition coefficient (Wildman–Crippen LogP) is 2.48. The van der Waals surface area contributed by atoms with E-state index in [1.807, 2.05) is 0 Å². The summed E-state index contributed by atoms with van der Waals surface area (Å²) in [5.41, 5.74) is -0.558. The molecule has 5 fully saturated rings. The minimum absolute atomic E-state index is 0.0463. The van der Waals surface area contributed by atoms with E-state index in [-0.39, 0.29) is 4.87 Å². The predicted molar refractivity (Wildman–Crippen MR) is 57.8 cm³/mol. The number of hydrogen-bond donors (Lipinski definition) is 0. The summed E-state index contributed by atoms with van der Waals surface area (Å²) in [6.45, 7) is 0. The Bertz CT molecular complexity index is 357. The summed E-state index contributed by atoms with van der Waals surface area (Å²) >= 11 is 6.68. The smallest absolute Gasteiger partial charge is 0.224 e. The van der Waals surface area contributed by atoms with Crippen LogP contribution in [0.2, 0.25) is 0 Å². The molecule has 4 saturated carbocycles. The second kappa shape index (κ2) is 2.94. The quantitative estimate of drug-likeness (QED) is 0.525. The summed E-state index contributed by atoms with van der Waals surface area (Å²) in [6.07, 6.45) is 3.92. The Hall–Kier alpha value is 0.170. The van der Waals surface area contributed by atoms with Crippen LogP contribution in [0, 0.1) is 17.8 Å². The van der Waals surface area contributed by atoms with Crippen molar-refractivity contribution in [1.29, 1.82) is 0 Å². The average Bonchev–Trinajstić information content (AvgIpc) is 2.24. The molecular weight excluding hydrogens is 228 g/mol. The second-order valence-electron chi connectivity index (χ2n) is 5.95. The first-order valence-electron chi connectivity index (χ1n) is 6.62. The summed E-state index contributed by atoms with van der Waals surface area (Å²) < 4.78 is 13.5. The zero-order valence-corrected chi connectivity index (χ0v) is 10.1. The summed E-state index contributed by atoms with van der Waals surface area (Å²) in [5.74, 6) is 1.34. The lowest BCUT2D eigenvalue weighted by Crippen LogP contribution is -2.73. The molecule has 4 aliphatic carbocycles. The second-order valence-corrected chi connectivity index (χ2v) is 6.75. The fourth-order valence-electron chi connectivity index (χ4n) is 4.71. The molecule has 1 saturated heterocycles. The van der Waals surface area contributed by atoms with Gasteiger partial charge < -0.3 is 4.74 Å². The molecule has 3 atom stereocenters. The summed E-state index contributed by atoms with van der Waals surface area (Å²) in [6, 6.07) is 0. The Labute approximate surface area is 102 Å². The van der Waals surface area contributed by atoms with Gasteiger partial charge in [-0.2, -0.15) is 0 Å². The van der Waals surface area contributed by atoms with E-state index in [0.717, 1.165) is 32.1 Å². The molecule has 3 nitrogen and oxygen atoms in total. The highest BCUT2D eigenvalue weighted by atomic mass is 35.5. The van der Waals surface area contributed by atoms with E-state index >= 15 is 0 Å². The molecule has 0 aromatic rings. The third-order valence-corrected chi connectivity index (χ3v) is 5.55. The van der Waals surface area contributed by atoms with Gasteiger partial charge in [-0.3, -0.25) is 0 Å². The zero-order chi connectivity index (χ0) is 11.9. The molecule has 16 heavy (non-hydrogen) atoms. The molecule has 5 rings (SSSR count). The molecule has 0 aromatic heterocycles. The van der Waals surface area contributed by atoms with Crippen molar-refractivity contribution in [3.05, 3.63) is 0 Å². The van der Waals surface area contributed by atoms with Crippen LogP contribution in [-0.2, 0) is 14.5 Å². The van der Waals surface area contributed by atoms with E-state index in [9.17, 15) is 0 Å². The van der Waals surface area contributed by atoms with Crippen molar-refractivity contribution in [1.82, 2.24) is 0 Å². The maximum Gasteiger partial charge on any atom is 0.224 e. The van der Waals surface area contributed by atoms with Crippen LogP contribution >= 0.6 is 11.6 Å². The topological polar surface area (TPSA) is 27.7 Å². The molecule has 0 amide bonds. The van der Waals surface area contributed by atoms with Gasteiger partial charge in [-0.1, -0.05) is 0 Å². The van der Waals surface area contributed by atoms with Gasteiger partial charge in [-0.25, -0.2) is 9.78 Å². The largest absolute Gasteiger partial charge is 0.351 e. The first-order chi connectivity index (χ1) is 8.01. The lowest BCUT2D eigenvalue weighted by atomic mass is 9.49. The molecular formula is C12H17ClO3. The van der Waals surface area contributed by atoms with Crippen molar-refractivity contribution in [3.63, 3.8) is 0 Å². The molecule has 3 unspecified atom stereocenters. The highest BCUT2D eigenvalue weighted by Crippen LogP contribution is 2.66. The van der Waals surface area contributed by atoms with Crippen LogP contribution < -0.4 is 0 Å². The fraction of sp³-hybridized carbons (Fsp3) is 1.00. The molecule has 1 heterocycles. The molecule has 90 valence electrons. The van der Waals surface area contributed by atoms with E-state index in [1.54, 1.807) is 0 Å². The van der Waals surface area contributed by atoms with Gasteiger partial charge in [0.2, 0.25) is 6.27 Å². The van der Waals surface area contributed by atoms with E-state index < -0.39 is 11.9 Å². The monoisotopic (exact) mass is 245 g/mol. The summed E-state index contributed by atoms with van der Waals surface area (Å²) in [5, 5.41) is 0. The van der Waals surface area contributed by atoms with Crippen LogP contribution in [0.5, 0.6) is 0 Å². The number of rotatable bonds is 1. The minimum Gasteiger partial charge on any atom is -0.351 e. The van der Waals surface area contributed by atoms with Crippen molar-refractivity contribution in [3.8, 4) is 0 Å². The van der Waals surface area contributed by atoms with Gasteiger partial charge >= 0.3 is 0 Å². The third-order valence-electron chi connectivity index (χ3n) is 5.09. The van der Waals surface area contributed by atoms with Crippen molar-refractivity contribution in [2.24, 2.45) is 17.8 Å². The third kappa shape index (κ3) is 1.02. The van der Waals surface area contributed by atoms with Crippen LogP contribution in [0.4, 0.5) is 0 Å². The van der Waals surface area contributed by atoms with Crippen molar-refractivity contribution < 1.29 is 15.9 Å². The molecule has 1 spiro atoms. The van der Waals surface area contributed by atoms with Gasteiger partial charge in [0.05, 0.1) is 1.37 Å². The van der Waals surface area contributed by atoms with Gasteiger partial charge in [-0.05, 0) is 49.9 Å². The van der Waals surface area contributed by atoms with Crippen molar-refractivity contribution in [2.75, 3.05) is 7.11 Å². The van der Waals surface area contributed by atoms with Crippen molar-refractivity contribution >= 4 is 11.6 Å². The molecule has 4 bridgehead atoms. The maximum absolute atomic E-state index is 8.28. The number of halogens is 1. The Balaban J connectivity index is 1.76.